The highest BCUT2D eigenvalue weighted by Crippen LogP contribution is 2.31. The zero-order valence-electron chi connectivity index (χ0n) is 15.4. The second-order valence-electron chi connectivity index (χ2n) is 7.08. The summed E-state index contributed by atoms with van der Waals surface area (Å²) in [5.41, 5.74) is 5.53. The van der Waals surface area contributed by atoms with Crippen LogP contribution in [0.15, 0.2) is 24.5 Å². The molecule has 2 aromatic heterocycles. The fraction of sp³-hybridized carbons (Fsp3) is 0.450. The topological polar surface area (TPSA) is 58.6 Å². The number of amides is 1. The summed E-state index contributed by atoms with van der Waals surface area (Å²) in [4.78, 5) is 25.3. The number of morpholine rings is 1. The average molecular weight is 352 g/mol. The van der Waals surface area contributed by atoms with Gasteiger partial charge in [-0.15, -0.1) is 0 Å². The van der Waals surface area contributed by atoms with Crippen LogP contribution in [0.4, 0.5) is 5.82 Å². The molecule has 0 aliphatic carbocycles. The lowest BCUT2D eigenvalue weighted by atomic mass is 9.98. The highest BCUT2D eigenvalue weighted by Gasteiger charge is 2.20. The third-order valence-corrected chi connectivity index (χ3v) is 5.13. The van der Waals surface area contributed by atoms with Crippen LogP contribution in [-0.4, -0.2) is 54.1 Å². The van der Waals surface area contributed by atoms with E-state index in [1.54, 1.807) is 0 Å². The Hall–Kier alpha value is -2.47. The van der Waals surface area contributed by atoms with Gasteiger partial charge >= 0.3 is 0 Å². The number of fused-ring (bicyclic) bond motifs is 1. The number of aryl methyl sites for hydroxylation is 2. The molecule has 0 aromatic carbocycles. The molecule has 136 valence electrons. The Balaban J connectivity index is 1.63. The summed E-state index contributed by atoms with van der Waals surface area (Å²) in [6.07, 6.45) is 5.94. The molecule has 4 heterocycles. The van der Waals surface area contributed by atoms with Gasteiger partial charge in [-0.2, -0.15) is 0 Å². The van der Waals surface area contributed by atoms with Crippen molar-refractivity contribution in [3.8, 4) is 11.1 Å². The van der Waals surface area contributed by atoms with Gasteiger partial charge in [0.1, 0.15) is 12.4 Å². The van der Waals surface area contributed by atoms with E-state index in [4.69, 9.17) is 9.72 Å². The normalized spacial score (nSPS) is 17.4. The van der Waals surface area contributed by atoms with Gasteiger partial charge in [-0.05, 0) is 43.0 Å². The Bertz CT molecular complexity index is 837. The van der Waals surface area contributed by atoms with Crippen molar-refractivity contribution in [2.75, 3.05) is 38.3 Å². The first-order valence-corrected chi connectivity index (χ1v) is 9.13. The molecule has 0 atom stereocenters. The summed E-state index contributed by atoms with van der Waals surface area (Å²) in [5, 5.41) is 0. The van der Waals surface area contributed by atoms with Crippen LogP contribution in [0.2, 0.25) is 0 Å². The van der Waals surface area contributed by atoms with E-state index >= 15 is 0 Å². The fourth-order valence-corrected chi connectivity index (χ4v) is 3.71. The van der Waals surface area contributed by atoms with Crippen molar-refractivity contribution in [1.82, 2.24) is 14.9 Å². The highest BCUT2D eigenvalue weighted by atomic mass is 16.5. The van der Waals surface area contributed by atoms with Crippen LogP contribution >= 0.6 is 0 Å². The molecule has 0 saturated carbocycles. The number of nitrogens with zero attached hydrogens (tertiary/aromatic N) is 4. The molecule has 1 fully saturated rings. The van der Waals surface area contributed by atoms with Crippen molar-refractivity contribution < 1.29 is 9.53 Å². The van der Waals surface area contributed by atoms with E-state index in [-0.39, 0.29) is 12.5 Å². The number of rotatable bonds is 3. The van der Waals surface area contributed by atoms with Crippen LogP contribution in [0, 0.1) is 6.92 Å². The molecule has 4 rings (SSSR count). The zero-order valence-corrected chi connectivity index (χ0v) is 15.4. The number of pyridine rings is 2. The van der Waals surface area contributed by atoms with E-state index in [1.807, 2.05) is 17.3 Å². The lowest BCUT2D eigenvalue weighted by Crippen LogP contribution is -2.40. The number of hydrogen-bond donors (Lipinski definition) is 0. The van der Waals surface area contributed by atoms with Crippen molar-refractivity contribution in [3.05, 3.63) is 41.3 Å². The van der Waals surface area contributed by atoms with Crippen LogP contribution in [0.5, 0.6) is 0 Å². The van der Waals surface area contributed by atoms with Crippen molar-refractivity contribution >= 4 is 11.7 Å². The van der Waals surface area contributed by atoms with Crippen LogP contribution in [0.1, 0.15) is 23.2 Å². The largest absolute Gasteiger partial charge is 0.370 e. The fourth-order valence-electron chi connectivity index (χ4n) is 3.71. The molecular weight excluding hydrogens is 328 g/mol. The minimum atomic E-state index is 0.0383. The molecule has 6 heteroatoms. The second-order valence-corrected chi connectivity index (χ2v) is 7.08. The standard InChI is InChI=1S/C20H24N4O2/c1-14-18(9-16-4-3-5-23(2)20(16)22-14)17-8-15(10-21-11-17)12-24-6-7-26-13-19(24)25/h8-11H,3-7,12-13H2,1-2H3. The van der Waals surface area contributed by atoms with Gasteiger partial charge in [-0.1, -0.05) is 0 Å². The average Bonchev–Trinajstić information content (AvgIpc) is 2.64. The van der Waals surface area contributed by atoms with Crippen LogP contribution in [0.25, 0.3) is 11.1 Å². The smallest absolute Gasteiger partial charge is 0.248 e. The van der Waals surface area contributed by atoms with Gasteiger partial charge in [0, 0.05) is 55.9 Å². The third kappa shape index (κ3) is 3.29. The monoisotopic (exact) mass is 352 g/mol. The van der Waals surface area contributed by atoms with Gasteiger partial charge < -0.3 is 14.5 Å². The number of aromatic nitrogens is 2. The Kier molecular flexibility index (Phi) is 4.59. The Labute approximate surface area is 153 Å². The summed E-state index contributed by atoms with van der Waals surface area (Å²) >= 11 is 0. The third-order valence-electron chi connectivity index (χ3n) is 5.13. The molecule has 0 N–H and O–H groups in total. The van der Waals surface area contributed by atoms with E-state index in [1.165, 1.54) is 5.56 Å². The van der Waals surface area contributed by atoms with Gasteiger partial charge in [-0.25, -0.2) is 4.98 Å². The molecule has 0 radical (unpaired) electrons. The molecule has 1 amide bonds. The number of hydrogen-bond acceptors (Lipinski definition) is 5. The van der Waals surface area contributed by atoms with Gasteiger partial charge in [0.2, 0.25) is 5.91 Å². The molecule has 0 bridgehead atoms. The van der Waals surface area contributed by atoms with E-state index < -0.39 is 0 Å². The van der Waals surface area contributed by atoms with Crippen LogP contribution in [0.3, 0.4) is 0 Å². The van der Waals surface area contributed by atoms with E-state index in [0.717, 1.165) is 47.6 Å². The first-order chi connectivity index (χ1) is 12.6. The number of carbonyl (C=O) groups is 1. The zero-order chi connectivity index (χ0) is 18.1. The molecule has 1 saturated heterocycles. The van der Waals surface area contributed by atoms with Gasteiger partial charge in [0.15, 0.2) is 0 Å². The Morgan fingerprint density at radius 3 is 2.96 bits per heavy atom. The molecular formula is C20H24N4O2. The maximum Gasteiger partial charge on any atom is 0.248 e. The van der Waals surface area contributed by atoms with E-state index in [2.05, 4.69) is 36.0 Å². The van der Waals surface area contributed by atoms with Crippen molar-refractivity contribution in [2.24, 2.45) is 0 Å². The number of anilines is 1. The van der Waals surface area contributed by atoms with Crippen LogP contribution in [-0.2, 0) is 22.5 Å². The molecule has 2 aliphatic heterocycles. The quantitative estimate of drug-likeness (QED) is 0.847. The summed E-state index contributed by atoms with van der Waals surface area (Å²) < 4.78 is 5.20. The SMILES string of the molecule is Cc1nc2c(cc1-c1cncc(CN3CCOCC3=O)c1)CCCN2C. The molecule has 6 nitrogen and oxygen atoms in total. The highest BCUT2D eigenvalue weighted by molar-refractivity contribution is 5.78. The first kappa shape index (κ1) is 17.0. The predicted octanol–water partition coefficient (Wildman–Crippen LogP) is 2.19. The number of ether oxygens (including phenoxy) is 1. The van der Waals surface area contributed by atoms with Gasteiger partial charge in [0.25, 0.3) is 0 Å². The summed E-state index contributed by atoms with van der Waals surface area (Å²) in [7, 11) is 2.10. The maximum atomic E-state index is 12.0. The van der Waals surface area contributed by atoms with Crippen molar-refractivity contribution in [3.63, 3.8) is 0 Å². The summed E-state index contributed by atoms with van der Waals surface area (Å²) in [6.45, 7) is 5.09. The van der Waals surface area contributed by atoms with Gasteiger partial charge in [0.05, 0.1) is 6.61 Å². The molecule has 2 aliphatic rings. The number of carbonyl (C=O) groups excluding carboxylic acids is 1. The van der Waals surface area contributed by atoms with Crippen molar-refractivity contribution in [2.45, 2.75) is 26.3 Å². The predicted molar refractivity (Wildman–Crippen MR) is 100 cm³/mol. The maximum absolute atomic E-state index is 12.0. The van der Waals surface area contributed by atoms with Crippen LogP contribution < -0.4 is 4.90 Å². The Morgan fingerprint density at radius 1 is 1.23 bits per heavy atom. The molecule has 0 unspecified atom stereocenters. The van der Waals surface area contributed by atoms with E-state index in [9.17, 15) is 4.79 Å². The lowest BCUT2D eigenvalue weighted by molar-refractivity contribution is -0.143. The molecule has 26 heavy (non-hydrogen) atoms. The molecule has 2 aromatic rings. The van der Waals surface area contributed by atoms with E-state index in [0.29, 0.717) is 19.7 Å². The minimum absolute atomic E-state index is 0.0383. The van der Waals surface area contributed by atoms with Gasteiger partial charge in [-0.3, -0.25) is 9.78 Å². The minimum Gasteiger partial charge on any atom is -0.370 e. The molecule has 0 spiro atoms. The Morgan fingerprint density at radius 2 is 2.12 bits per heavy atom. The summed E-state index contributed by atoms with van der Waals surface area (Å²) in [6, 6.07) is 4.38. The second kappa shape index (κ2) is 7.03. The van der Waals surface area contributed by atoms with Crippen molar-refractivity contribution in [1.29, 1.82) is 0 Å². The lowest BCUT2D eigenvalue weighted by Gasteiger charge is -2.28. The summed E-state index contributed by atoms with van der Waals surface area (Å²) in [5.74, 6) is 1.14. The first-order valence-electron chi connectivity index (χ1n) is 9.13.